The van der Waals surface area contributed by atoms with Crippen LogP contribution < -0.4 is 11.1 Å². The molecular formula is C12H24N2O4. The standard InChI is InChI=1S/C12H24N2O4/c1-5-6-12(4,7-17-10(13)15)8-18-11(16)14-9(2)3/h9H,5-8H2,1-4H3,(H2,13,15)(H,14,16)/i2D3,3D3,8D2. The van der Waals surface area contributed by atoms with Crippen LogP contribution in [0.4, 0.5) is 9.59 Å². The summed E-state index contributed by atoms with van der Waals surface area (Å²) in [6.07, 6.45) is -2.13. The molecular weight excluding hydrogens is 236 g/mol. The molecule has 0 aromatic heterocycles. The largest absolute Gasteiger partial charge is 0.449 e. The van der Waals surface area contributed by atoms with Crippen molar-refractivity contribution in [2.24, 2.45) is 11.1 Å². The van der Waals surface area contributed by atoms with E-state index >= 15 is 0 Å². The van der Waals surface area contributed by atoms with Gasteiger partial charge in [0.1, 0.15) is 13.2 Å². The molecule has 6 heteroatoms. The van der Waals surface area contributed by atoms with Gasteiger partial charge < -0.3 is 20.5 Å². The van der Waals surface area contributed by atoms with Gasteiger partial charge in [0.2, 0.25) is 0 Å². The maximum Gasteiger partial charge on any atom is 0.407 e. The van der Waals surface area contributed by atoms with E-state index in [0.29, 0.717) is 6.42 Å². The van der Waals surface area contributed by atoms with Gasteiger partial charge in [-0.05, 0) is 20.1 Å². The Morgan fingerprint density at radius 2 is 2.17 bits per heavy atom. The fourth-order valence-corrected chi connectivity index (χ4v) is 1.25. The molecule has 2 amide bonds. The van der Waals surface area contributed by atoms with Crippen LogP contribution in [0.25, 0.3) is 0 Å². The van der Waals surface area contributed by atoms with E-state index in [9.17, 15) is 9.59 Å². The molecule has 0 saturated carbocycles. The lowest BCUT2D eigenvalue weighted by Crippen LogP contribution is -2.37. The zero-order valence-corrected chi connectivity index (χ0v) is 10.4. The minimum Gasteiger partial charge on any atom is -0.449 e. The first-order valence-corrected chi connectivity index (χ1v) is 5.38. The maximum absolute atomic E-state index is 11.9. The van der Waals surface area contributed by atoms with E-state index in [4.69, 9.17) is 16.7 Å². The molecule has 0 aromatic carbocycles. The molecule has 106 valence electrons. The molecule has 6 nitrogen and oxygen atoms in total. The molecule has 0 aliphatic rings. The van der Waals surface area contributed by atoms with Crippen molar-refractivity contribution in [2.75, 3.05) is 13.2 Å². The number of amides is 2. The van der Waals surface area contributed by atoms with E-state index in [1.807, 2.05) is 0 Å². The Bertz CT molecular complexity index is 494. The second kappa shape index (κ2) is 7.79. The third-order valence-corrected chi connectivity index (χ3v) is 1.99. The lowest BCUT2D eigenvalue weighted by atomic mass is 9.87. The number of hydrogen-bond acceptors (Lipinski definition) is 4. The molecule has 0 rings (SSSR count). The normalized spacial score (nSPS) is 22.6. The fourth-order valence-electron chi connectivity index (χ4n) is 1.25. The Balaban J connectivity index is 5.35. The highest BCUT2D eigenvalue weighted by Crippen LogP contribution is 2.24. The number of rotatable bonds is 7. The molecule has 1 unspecified atom stereocenters. The van der Waals surface area contributed by atoms with E-state index in [2.05, 4.69) is 9.47 Å². The second-order valence-corrected chi connectivity index (χ2v) is 3.99. The van der Waals surface area contributed by atoms with Crippen molar-refractivity contribution in [2.45, 2.75) is 46.4 Å². The fraction of sp³-hybridized carbons (Fsp3) is 0.833. The summed E-state index contributed by atoms with van der Waals surface area (Å²) < 4.78 is 68.5. The first-order valence-electron chi connectivity index (χ1n) is 9.38. The molecule has 0 aromatic rings. The van der Waals surface area contributed by atoms with Gasteiger partial charge in [-0.15, -0.1) is 0 Å². The van der Waals surface area contributed by atoms with Gasteiger partial charge in [-0.25, -0.2) is 9.59 Å². The van der Waals surface area contributed by atoms with Crippen LogP contribution in [0.2, 0.25) is 0 Å². The number of alkyl carbamates (subject to hydrolysis) is 1. The van der Waals surface area contributed by atoms with Gasteiger partial charge in [0, 0.05) is 19.7 Å². The van der Waals surface area contributed by atoms with Crippen molar-refractivity contribution in [3.8, 4) is 0 Å². The molecule has 0 saturated heterocycles. The van der Waals surface area contributed by atoms with Crippen molar-refractivity contribution < 1.29 is 30.0 Å². The number of primary amides is 1. The monoisotopic (exact) mass is 268 g/mol. The zero-order valence-electron chi connectivity index (χ0n) is 18.4. The van der Waals surface area contributed by atoms with Gasteiger partial charge in [-0.1, -0.05) is 20.3 Å². The van der Waals surface area contributed by atoms with Crippen LogP contribution in [0, 0.1) is 5.41 Å². The van der Waals surface area contributed by atoms with Crippen LogP contribution in [0.15, 0.2) is 0 Å². The number of ether oxygens (including phenoxy) is 2. The number of hydrogen-bond donors (Lipinski definition) is 2. The summed E-state index contributed by atoms with van der Waals surface area (Å²) in [5.74, 6) is 0. The lowest BCUT2D eigenvalue weighted by molar-refractivity contribution is 0.0333. The van der Waals surface area contributed by atoms with Crippen molar-refractivity contribution >= 4 is 12.2 Å². The Morgan fingerprint density at radius 3 is 2.67 bits per heavy atom. The minimum absolute atomic E-state index is 0.128. The molecule has 0 aliphatic heterocycles. The summed E-state index contributed by atoms with van der Waals surface area (Å²) in [6.45, 7) is -6.26. The highest BCUT2D eigenvalue weighted by atomic mass is 16.6. The number of nitrogens with one attached hydrogen (secondary N) is 1. The topological polar surface area (TPSA) is 90.7 Å². The average molecular weight is 268 g/mol. The van der Waals surface area contributed by atoms with Gasteiger partial charge in [0.25, 0.3) is 0 Å². The van der Waals surface area contributed by atoms with Crippen LogP contribution in [-0.4, -0.2) is 31.4 Å². The molecule has 0 spiro atoms. The molecule has 0 radical (unpaired) electrons. The first-order chi connectivity index (χ1) is 11.5. The van der Waals surface area contributed by atoms with Crippen LogP contribution in [0.1, 0.15) is 51.4 Å². The van der Waals surface area contributed by atoms with Gasteiger partial charge in [0.15, 0.2) is 0 Å². The molecule has 0 bridgehead atoms. The summed E-state index contributed by atoms with van der Waals surface area (Å²) in [7, 11) is 0. The van der Waals surface area contributed by atoms with Gasteiger partial charge in [0.05, 0.1) is 2.74 Å². The Morgan fingerprint density at radius 1 is 1.50 bits per heavy atom. The minimum atomic E-state index is -3.06. The van der Waals surface area contributed by atoms with Crippen molar-refractivity contribution in [1.29, 1.82) is 0 Å². The number of carbonyl (C=O) groups excluding carboxylic acids is 2. The molecule has 0 aliphatic carbocycles. The van der Waals surface area contributed by atoms with Gasteiger partial charge in [-0.3, -0.25) is 0 Å². The van der Waals surface area contributed by atoms with E-state index in [1.54, 1.807) is 12.2 Å². The molecule has 18 heavy (non-hydrogen) atoms. The predicted molar refractivity (Wildman–Crippen MR) is 68.2 cm³/mol. The van der Waals surface area contributed by atoms with Crippen LogP contribution >= 0.6 is 0 Å². The summed E-state index contributed by atoms with van der Waals surface area (Å²) in [5.41, 5.74) is 3.38. The third kappa shape index (κ3) is 7.76. The highest BCUT2D eigenvalue weighted by molar-refractivity contribution is 5.67. The Hall–Kier alpha value is -1.46. The quantitative estimate of drug-likeness (QED) is 0.739. The number of carbonyl (C=O) groups is 2. The summed E-state index contributed by atoms with van der Waals surface area (Å²) in [4.78, 5) is 22.7. The average Bonchev–Trinajstić information content (AvgIpc) is 2.39. The van der Waals surface area contributed by atoms with Gasteiger partial charge in [-0.2, -0.15) is 0 Å². The number of nitrogens with two attached hydrogens (primary N) is 1. The zero-order chi connectivity index (χ0) is 21.0. The smallest absolute Gasteiger partial charge is 0.407 e. The third-order valence-electron chi connectivity index (χ3n) is 1.99. The van der Waals surface area contributed by atoms with E-state index in [-0.39, 0.29) is 6.42 Å². The van der Waals surface area contributed by atoms with Crippen LogP contribution in [0.3, 0.4) is 0 Å². The van der Waals surface area contributed by atoms with Crippen molar-refractivity contribution in [3.63, 3.8) is 0 Å². The van der Waals surface area contributed by atoms with Gasteiger partial charge >= 0.3 is 12.2 Å². The Kier molecular flexibility index (Phi) is 3.12. The van der Waals surface area contributed by atoms with E-state index < -0.39 is 50.5 Å². The molecule has 3 N–H and O–H groups in total. The summed E-state index contributed by atoms with van der Waals surface area (Å²) >= 11 is 0. The van der Waals surface area contributed by atoms with Crippen LogP contribution in [0.5, 0.6) is 0 Å². The first kappa shape index (κ1) is 7.21. The predicted octanol–water partition coefficient (Wildman–Crippen LogP) is 2.02. The van der Waals surface area contributed by atoms with Crippen molar-refractivity contribution in [1.82, 2.24) is 5.32 Å². The highest BCUT2D eigenvalue weighted by Gasteiger charge is 2.27. The van der Waals surface area contributed by atoms with E-state index in [1.165, 1.54) is 6.92 Å². The lowest BCUT2D eigenvalue weighted by Gasteiger charge is -2.27. The summed E-state index contributed by atoms with van der Waals surface area (Å²) in [6, 6.07) is -2.24. The summed E-state index contributed by atoms with van der Waals surface area (Å²) in [5, 5.41) is 1.67. The SMILES string of the molecule is [2H]C([2H])([2H])C(NC(=O)OC([2H])([2H])C(C)(CCC)COC(N)=O)C([2H])([2H])[2H]. The molecule has 1 atom stereocenters. The molecule has 0 heterocycles. The van der Waals surface area contributed by atoms with Crippen LogP contribution in [-0.2, 0) is 9.47 Å². The Labute approximate surface area is 119 Å². The molecule has 0 fully saturated rings. The van der Waals surface area contributed by atoms with Crippen molar-refractivity contribution in [3.05, 3.63) is 0 Å². The maximum atomic E-state index is 11.9. The second-order valence-electron chi connectivity index (χ2n) is 3.99. The van der Waals surface area contributed by atoms with E-state index in [0.717, 1.165) is 0 Å².